The van der Waals surface area contributed by atoms with Crippen molar-refractivity contribution >= 4 is 0 Å². The predicted octanol–water partition coefficient (Wildman–Crippen LogP) is 1.46. The lowest BCUT2D eigenvalue weighted by atomic mass is 10.3. The number of aromatic nitrogens is 1. The molecule has 0 radical (unpaired) electrons. The van der Waals surface area contributed by atoms with Crippen LogP contribution in [-0.4, -0.2) is 4.57 Å². The summed E-state index contributed by atoms with van der Waals surface area (Å²) in [5, 5.41) is 8.33. The van der Waals surface area contributed by atoms with Gasteiger partial charge in [0.15, 0.2) is 0 Å². The van der Waals surface area contributed by atoms with Crippen LogP contribution in [0.5, 0.6) is 0 Å². The lowest BCUT2D eigenvalue weighted by molar-refractivity contribution is 0.629. The Morgan fingerprint density at radius 1 is 1.62 bits per heavy atom. The van der Waals surface area contributed by atoms with Gasteiger partial charge in [-0.05, 0) is 19.4 Å². The maximum Gasteiger partial charge on any atom is 0.253 e. The van der Waals surface area contributed by atoms with Gasteiger partial charge in [0.1, 0.15) is 0 Å². The Bertz CT molecular complexity index is 373. The van der Waals surface area contributed by atoms with E-state index in [1.165, 1.54) is 0 Å². The van der Waals surface area contributed by atoms with E-state index in [0.29, 0.717) is 13.0 Å². The van der Waals surface area contributed by atoms with Crippen molar-refractivity contribution in [3.63, 3.8) is 0 Å². The Labute approximate surface area is 77.2 Å². The molecule has 0 aliphatic carbocycles. The van der Waals surface area contributed by atoms with E-state index in [0.717, 1.165) is 12.0 Å². The average molecular weight is 176 g/mol. The number of nitriles is 1. The highest BCUT2D eigenvalue weighted by molar-refractivity contribution is 5.07. The molecule has 1 aromatic heterocycles. The lowest BCUT2D eigenvalue weighted by Gasteiger charge is -2.03. The molecule has 0 saturated carbocycles. The van der Waals surface area contributed by atoms with Crippen molar-refractivity contribution in [1.29, 1.82) is 5.26 Å². The smallest absolute Gasteiger partial charge is 0.253 e. The van der Waals surface area contributed by atoms with E-state index in [9.17, 15) is 4.79 Å². The maximum absolute atomic E-state index is 11.4. The van der Waals surface area contributed by atoms with E-state index in [-0.39, 0.29) is 5.56 Å². The Kier molecular flexibility index (Phi) is 3.27. The third-order valence-corrected chi connectivity index (χ3v) is 1.90. The minimum Gasteiger partial charge on any atom is -0.315 e. The first-order chi connectivity index (χ1) is 6.25. The summed E-state index contributed by atoms with van der Waals surface area (Å²) in [4.78, 5) is 11.4. The van der Waals surface area contributed by atoms with Gasteiger partial charge in [-0.3, -0.25) is 4.79 Å². The number of aryl methyl sites for hydroxylation is 2. The van der Waals surface area contributed by atoms with Crippen LogP contribution in [-0.2, 0) is 6.54 Å². The van der Waals surface area contributed by atoms with Crippen LogP contribution in [0, 0.1) is 18.3 Å². The molecule has 0 spiro atoms. The Morgan fingerprint density at radius 3 is 3.08 bits per heavy atom. The first-order valence-corrected chi connectivity index (χ1v) is 4.28. The van der Waals surface area contributed by atoms with Crippen molar-refractivity contribution in [3.05, 3.63) is 34.2 Å². The van der Waals surface area contributed by atoms with Crippen molar-refractivity contribution in [2.75, 3.05) is 0 Å². The number of hydrogen-bond donors (Lipinski definition) is 0. The average Bonchev–Trinajstić information content (AvgIpc) is 2.13. The fraction of sp³-hybridized carbons (Fsp3) is 0.400. The van der Waals surface area contributed by atoms with Gasteiger partial charge in [0.05, 0.1) is 6.07 Å². The number of nitrogens with zero attached hydrogens (tertiary/aromatic N) is 2. The van der Waals surface area contributed by atoms with Gasteiger partial charge in [0, 0.05) is 24.7 Å². The molecule has 3 heteroatoms. The Morgan fingerprint density at radius 2 is 2.38 bits per heavy atom. The normalized spacial score (nSPS) is 9.54. The molecule has 0 aliphatic heterocycles. The third kappa shape index (κ3) is 2.45. The number of pyridine rings is 1. The van der Waals surface area contributed by atoms with Crippen LogP contribution in [0.2, 0.25) is 0 Å². The summed E-state index contributed by atoms with van der Waals surface area (Å²) in [6.07, 6.45) is 2.99. The number of hydrogen-bond acceptors (Lipinski definition) is 2. The zero-order chi connectivity index (χ0) is 9.68. The molecule has 0 atom stereocenters. The molecule has 3 nitrogen and oxygen atoms in total. The third-order valence-electron chi connectivity index (χ3n) is 1.90. The van der Waals surface area contributed by atoms with Gasteiger partial charge in [-0.2, -0.15) is 5.26 Å². The molecule has 0 unspecified atom stereocenters. The van der Waals surface area contributed by atoms with Gasteiger partial charge >= 0.3 is 0 Å². The zero-order valence-electron chi connectivity index (χ0n) is 7.66. The molecule has 0 N–H and O–H groups in total. The molecule has 0 amide bonds. The van der Waals surface area contributed by atoms with Crippen LogP contribution in [0.25, 0.3) is 0 Å². The van der Waals surface area contributed by atoms with Crippen LogP contribution in [0.15, 0.2) is 23.1 Å². The molecule has 0 bridgehead atoms. The summed E-state index contributed by atoms with van der Waals surface area (Å²) in [6, 6.07) is 5.70. The standard InChI is InChI=1S/C10H12N2O/c1-9-5-4-8-12(10(9)13)7-3-2-6-11/h4-5,8H,2-3,7H2,1H3. The number of unbranched alkanes of at least 4 members (excludes halogenated alkanes) is 1. The Hall–Kier alpha value is -1.56. The van der Waals surface area contributed by atoms with Crippen LogP contribution in [0.1, 0.15) is 18.4 Å². The van der Waals surface area contributed by atoms with Gasteiger partial charge < -0.3 is 4.57 Å². The number of rotatable bonds is 3. The summed E-state index contributed by atoms with van der Waals surface area (Å²) in [6.45, 7) is 2.43. The molecule has 0 saturated heterocycles. The van der Waals surface area contributed by atoms with Crippen molar-refractivity contribution in [2.24, 2.45) is 0 Å². The monoisotopic (exact) mass is 176 g/mol. The molecular formula is C10H12N2O. The van der Waals surface area contributed by atoms with Crippen LogP contribution < -0.4 is 5.56 Å². The molecule has 0 aromatic carbocycles. The van der Waals surface area contributed by atoms with Gasteiger partial charge in [-0.15, -0.1) is 0 Å². The quantitative estimate of drug-likeness (QED) is 0.654. The largest absolute Gasteiger partial charge is 0.315 e. The van der Waals surface area contributed by atoms with Crippen molar-refractivity contribution < 1.29 is 0 Å². The highest BCUT2D eigenvalue weighted by Gasteiger charge is 1.96. The molecule has 1 aromatic rings. The fourth-order valence-corrected chi connectivity index (χ4v) is 1.16. The van der Waals surface area contributed by atoms with E-state index in [2.05, 4.69) is 6.07 Å². The molecule has 0 fully saturated rings. The molecule has 13 heavy (non-hydrogen) atoms. The highest BCUT2D eigenvalue weighted by atomic mass is 16.1. The van der Waals surface area contributed by atoms with Crippen molar-refractivity contribution in [3.8, 4) is 6.07 Å². The second kappa shape index (κ2) is 4.46. The van der Waals surface area contributed by atoms with Crippen LogP contribution in [0.3, 0.4) is 0 Å². The SMILES string of the molecule is Cc1cccn(CCCC#N)c1=O. The first-order valence-electron chi connectivity index (χ1n) is 4.28. The summed E-state index contributed by atoms with van der Waals surface area (Å²) in [7, 11) is 0. The maximum atomic E-state index is 11.4. The summed E-state index contributed by atoms with van der Waals surface area (Å²) >= 11 is 0. The molecular weight excluding hydrogens is 164 g/mol. The van der Waals surface area contributed by atoms with Gasteiger partial charge in [0.25, 0.3) is 5.56 Å². The van der Waals surface area contributed by atoms with Crippen molar-refractivity contribution in [1.82, 2.24) is 4.57 Å². The molecule has 0 aliphatic rings. The topological polar surface area (TPSA) is 45.8 Å². The van der Waals surface area contributed by atoms with Gasteiger partial charge in [-0.25, -0.2) is 0 Å². The second-order valence-electron chi connectivity index (χ2n) is 2.95. The summed E-state index contributed by atoms with van der Waals surface area (Å²) < 4.78 is 1.65. The first kappa shape index (κ1) is 9.53. The highest BCUT2D eigenvalue weighted by Crippen LogP contribution is 1.93. The molecule has 1 heterocycles. The predicted molar refractivity (Wildman–Crippen MR) is 50.3 cm³/mol. The lowest BCUT2D eigenvalue weighted by Crippen LogP contribution is -2.21. The van der Waals surface area contributed by atoms with Crippen molar-refractivity contribution in [2.45, 2.75) is 26.3 Å². The zero-order valence-corrected chi connectivity index (χ0v) is 7.66. The summed E-state index contributed by atoms with van der Waals surface area (Å²) in [5.74, 6) is 0. The van der Waals surface area contributed by atoms with E-state index >= 15 is 0 Å². The molecule has 1 rings (SSSR count). The van der Waals surface area contributed by atoms with E-state index in [1.54, 1.807) is 23.8 Å². The Balaban J connectivity index is 2.73. The van der Waals surface area contributed by atoms with Crippen LogP contribution >= 0.6 is 0 Å². The fourth-order valence-electron chi connectivity index (χ4n) is 1.16. The van der Waals surface area contributed by atoms with Crippen LogP contribution in [0.4, 0.5) is 0 Å². The van der Waals surface area contributed by atoms with E-state index in [1.807, 2.05) is 6.07 Å². The van der Waals surface area contributed by atoms with E-state index in [4.69, 9.17) is 5.26 Å². The second-order valence-corrected chi connectivity index (χ2v) is 2.95. The van der Waals surface area contributed by atoms with E-state index < -0.39 is 0 Å². The summed E-state index contributed by atoms with van der Waals surface area (Å²) in [5.41, 5.74) is 0.792. The van der Waals surface area contributed by atoms with Gasteiger partial charge in [0.2, 0.25) is 0 Å². The minimum atomic E-state index is 0.0421. The molecule has 68 valence electrons. The van der Waals surface area contributed by atoms with Gasteiger partial charge in [-0.1, -0.05) is 6.07 Å². The minimum absolute atomic E-state index is 0.0421.